The third kappa shape index (κ3) is 4.17. The highest BCUT2D eigenvalue weighted by Gasteiger charge is 2.24. The van der Waals surface area contributed by atoms with Crippen molar-refractivity contribution in [2.75, 3.05) is 5.75 Å². The van der Waals surface area contributed by atoms with Crippen LogP contribution in [0.3, 0.4) is 0 Å². The summed E-state index contributed by atoms with van der Waals surface area (Å²) in [5.41, 5.74) is 4.77. The third-order valence-electron chi connectivity index (χ3n) is 4.87. The molecule has 0 spiro atoms. The maximum absolute atomic E-state index is 12.7. The Morgan fingerprint density at radius 1 is 1.03 bits per heavy atom. The number of ketones is 2. The Labute approximate surface area is 183 Å². The summed E-state index contributed by atoms with van der Waals surface area (Å²) in [7, 11) is -3.69. The first-order chi connectivity index (χ1) is 14.2. The highest BCUT2D eigenvalue weighted by Crippen LogP contribution is 2.32. The molecule has 4 nitrogen and oxygen atoms in total. The molecule has 3 aromatic rings. The zero-order valence-electron chi connectivity index (χ0n) is 16.0. The molecule has 0 atom stereocenters. The smallest absolute Gasteiger partial charge is 0.194 e. The SMILES string of the molecule is Cc1ccc2c(c1)C=C(c1ccc(CC(=O)CS(=O)(=O)c3ccc(Cl)s3)cc1)C2=O. The minimum absolute atomic E-state index is 0.00499. The Morgan fingerprint density at radius 3 is 2.43 bits per heavy atom. The standard InChI is InChI=1S/C23H17ClO4S2/c1-14-2-7-19-17(10-14)12-20(23(19)26)16-5-3-15(4-6-16)11-18(25)13-30(27,28)22-9-8-21(24)29-22/h2-10,12H,11,13H2,1H3. The lowest BCUT2D eigenvalue weighted by molar-refractivity contribution is -0.116. The Balaban J connectivity index is 1.46. The predicted molar refractivity (Wildman–Crippen MR) is 120 cm³/mol. The van der Waals surface area contributed by atoms with Crippen LogP contribution in [0.15, 0.2) is 58.8 Å². The number of benzene rings is 2. The summed E-state index contributed by atoms with van der Waals surface area (Å²) in [5, 5.41) is 0. The molecule has 0 aliphatic heterocycles. The summed E-state index contributed by atoms with van der Waals surface area (Å²) in [6, 6.07) is 15.7. The molecule has 30 heavy (non-hydrogen) atoms. The van der Waals surface area contributed by atoms with Crippen molar-refractivity contribution in [3.8, 4) is 0 Å². The molecule has 0 fully saturated rings. The second-order valence-electron chi connectivity index (χ2n) is 7.21. The molecule has 0 bridgehead atoms. The van der Waals surface area contributed by atoms with Crippen LogP contribution in [0.25, 0.3) is 11.6 Å². The van der Waals surface area contributed by atoms with Crippen LogP contribution >= 0.6 is 22.9 Å². The maximum atomic E-state index is 12.7. The van der Waals surface area contributed by atoms with Crippen LogP contribution in [0.5, 0.6) is 0 Å². The number of rotatable bonds is 6. The second kappa shape index (κ2) is 7.95. The van der Waals surface area contributed by atoms with Crippen molar-refractivity contribution in [2.45, 2.75) is 17.6 Å². The van der Waals surface area contributed by atoms with Gasteiger partial charge in [-0.25, -0.2) is 8.42 Å². The van der Waals surface area contributed by atoms with E-state index >= 15 is 0 Å². The third-order valence-corrected chi connectivity index (χ3v) is 8.36. The number of hydrogen-bond acceptors (Lipinski definition) is 5. The minimum atomic E-state index is -3.69. The van der Waals surface area contributed by atoms with Crippen LogP contribution in [-0.2, 0) is 21.1 Å². The van der Waals surface area contributed by atoms with Crippen molar-refractivity contribution >= 4 is 56.0 Å². The van der Waals surface area contributed by atoms with E-state index in [4.69, 9.17) is 11.6 Å². The van der Waals surface area contributed by atoms with Gasteiger partial charge in [-0.1, -0.05) is 59.6 Å². The Kier molecular flexibility index (Phi) is 5.49. The van der Waals surface area contributed by atoms with E-state index in [0.29, 0.717) is 21.0 Å². The topological polar surface area (TPSA) is 68.3 Å². The van der Waals surface area contributed by atoms with Gasteiger partial charge in [0.05, 0.1) is 4.34 Å². The van der Waals surface area contributed by atoms with Crippen LogP contribution in [0, 0.1) is 6.92 Å². The number of carbonyl (C=O) groups excluding carboxylic acids is 2. The first kappa shape index (κ1) is 20.7. The number of sulfone groups is 1. The summed E-state index contributed by atoms with van der Waals surface area (Å²) < 4.78 is 25.1. The molecule has 1 aliphatic carbocycles. The summed E-state index contributed by atoms with van der Waals surface area (Å²) in [4.78, 5) is 25.0. The lowest BCUT2D eigenvalue weighted by atomic mass is 9.99. The van der Waals surface area contributed by atoms with E-state index in [1.807, 2.05) is 31.2 Å². The predicted octanol–water partition coefficient (Wildman–Crippen LogP) is 5.03. The quantitative estimate of drug-likeness (QED) is 0.521. The largest absolute Gasteiger partial charge is 0.298 e. The molecule has 152 valence electrons. The molecular formula is C23H17ClO4S2. The maximum Gasteiger partial charge on any atom is 0.194 e. The van der Waals surface area contributed by atoms with Crippen molar-refractivity contribution in [3.05, 3.63) is 86.8 Å². The molecule has 0 saturated heterocycles. The summed E-state index contributed by atoms with van der Waals surface area (Å²) in [6.45, 7) is 1.98. The first-order valence-electron chi connectivity index (χ1n) is 9.19. The molecule has 7 heteroatoms. The number of Topliss-reactive ketones (excluding diaryl/α,β-unsaturated/α-hetero) is 2. The minimum Gasteiger partial charge on any atom is -0.298 e. The van der Waals surface area contributed by atoms with E-state index in [1.54, 1.807) is 24.3 Å². The van der Waals surface area contributed by atoms with Gasteiger partial charge in [0.15, 0.2) is 21.4 Å². The van der Waals surface area contributed by atoms with Gasteiger partial charge in [-0.3, -0.25) is 9.59 Å². The molecule has 2 aromatic carbocycles. The number of carbonyl (C=O) groups is 2. The van der Waals surface area contributed by atoms with Gasteiger partial charge in [-0.05, 0) is 41.8 Å². The van der Waals surface area contributed by atoms with Crippen LogP contribution in [0.2, 0.25) is 4.34 Å². The van der Waals surface area contributed by atoms with Crippen molar-refractivity contribution in [2.24, 2.45) is 0 Å². The molecule has 0 N–H and O–H groups in total. The van der Waals surface area contributed by atoms with Crippen LogP contribution < -0.4 is 0 Å². The highest BCUT2D eigenvalue weighted by atomic mass is 35.5. The fourth-order valence-corrected chi connectivity index (χ4v) is 6.23. The van der Waals surface area contributed by atoms with Crippen molar-refractivity contribution in [1.29, 1.82) is 0 Å². The second-order valence-corrected chi connectivity index (χ2v) is 11.1. The number of allylic oxidation sites excluding steroid dienone is 1. The van der Waals surface area contributed by atoms with Crippen molar-refractivity contribution in [1.82, 2.24) is 0 Å². The number of hydrogen-bond donors (Lipinski definition) is 0. The van der Waals surface area contributed by atoms with Gasteiger partial charge in [-0.15, -0.1) is 11.3 Å². The van der Waals surface area contributed by atoms with E-state index in [1.165, 1.54) is 12.1 Å². The number of fused-ring (bicyclic) bond motifs is 1. The van der Waals surface area contributed by atoms with E-state index < -0.39 is 21.4 Å². The van der Waals surface area contributed by atoms with Gasteiger partial charge in [-0.2, -0.15) is 0 Å². The van der Waals surface area contributed by atoms with Gasteiger partial charge < -0.3 is 0 Å². The Morgan fingerprint density at radius 2 is 1.77 bits per heavy atom. The zero-order chi connectivity index (χ0) is 21.5. The Hall–Kier alpha value is -2.54. The summed E-state index contributed by atoms with van der Waals surface area (Å²) >= 11 is 6.73. The van der Waals surface area contributed by atoms with Crippen LogP contribution in [0.1, 0.15) is 32.6 Å². The lowest BCUT2D eigenvalue weighted by Crippen LogP contribution is -2.17. The summed E-state index contributed by atoms with van der Waals surface area (Å²) in [5.74, 6) is -0.981. The normalized spacial score (nSPS) is 13.3. The van der Waals surface area contributed by atoms with E-state index in [9.17, 15) is 18.0 Å². The van der Waals surface area contributed by atoms with Gasteiger partial charge in [0.25, 0.3) is 0 Å². The molecule has 0 radical (unpaired) electrons. The molecule has 1 aliphatic rings. The molecular weight excluding hydrogens is 440 g/mol. The van der Waals surface area contributed by atoms with Gasteiger partial charge >= 0.3 is 0 Å². The average molecular weight is 457 g/mol. The summed E-state index contributed by atoms with van der Waals surface area (Å²) in [6.07, 6.45) is 1.88. The molecule has 1 heterocycles. The first-order valence-corrected chi connectivity index (χ1v) is 12.0. The van der Waals surface area contributed by atoms with Gasteiger partial charge in [0.2, 0.25) is 0 Å². The fraction of sp³-hybridized carbons (Fsp3) is 0.130. The molecule has 0 saturated carbocycles. The van der Waals surface area contributed by atoms with E-state index in [-0.39, 0.29) is 16.4 Å². The van der Waals surface area contributed by atoms with Crippen LogP contribution in [0.4, 0.5) is 0 Å². The van der Waals surface area contributed by atoms with Gasteiger partial charge in [0, 0.05) is 17.6 Å². The van der Waals surface area contributed by atoms with Crippen molar-refractivity contribution in [3.63, 3.8) is 0 Å². The lowest BCUT2D eigenvalue weighted by Gasteiger charge is -2.05. The Bertz CT molecular complexity index is 1300. The van der Waals surface area contributed by atoms with Crippen LogP contribution in [-0.4, -0.2) is 25.7 Å². The van der Waals surface area contributed by atoms with Gasteiger partial charge in [0.1, 0.15) is 9.96 Å². The monoisotopic (exact) mass is 456 g/mol. The molecule has 0 unspecified atom stereocenters. The molecule has 4 rings (SSSR count). The van der Waals surface area contributed by atoms with E-state index in [0.717, 1.165) is 28.0 Å². The fourth-order valence-electron chi connectivity index (χ4n) is 3.42. The number of thiophene rings is 1. The molecule has 1 aromatic heterocycles. The number of aryl methyl sites for hydroxylation is 1. The number of halogens is 1. The zero-order valence-corrected chi connectivity index (χ0v) is 18.4. The molecule has 0 amide bonds. The van der Waals surface area contributed by atoms with Crippen molar-refractivity contribution < 1.29 is 18.0 Å². The van der Waals surface area contributed by atoms with E-state index in [2.05, 4.69) is 0 Å². The average Bonchev–Trinajstić information content (AvgIpc) is 3.26. The highest BCUT2D eigenvalue weighted by molar-refractivity contribution is 7.94.